The molecule has 1 aliphatic rings. The molecule has 0 spiro atoms. The van der Waals surface area contributed by atoms with Crippen LogP contribution >= 0.6 is 0 Å². The summed E-state index contributed by atoms with van der Waals surface area (Å²) in [7, 11) is 0. The van der Waals surface area contributed by atoms with Gasteiger partial charge in [0.1, 0.15) is 17.6 Å². The molecule has 0 aromatic heterocycles. The molecule has 1 heterocycles. The lowest BCUT2D eigenvalue weighted by Gasteiger charge is -2.13. The predicted molar refractivity (Wildman–Crippen MR) is 113 cm³/mol. The molecule has 1 N–H and O–H groups in total. The number of Topliss-reactive ketones (excluding diaryl/α,β-unsaturated/α-hetero) is 1. The van der Waals surface area contributed by atoms with Crippen LogP contribution in [-0.2, 0) is 17.8 Å². The molecule has 154 valence electrons. The van der Waals surface area contributed by atoms with E-state index < -0.39 is 0 Å². The summed E-state index contributed by atoms with van der Waals surface area (Å²) in [6.07, 6.45) is 1.37. The molecule has 0 radical (unpaired) electrons. The smallest absolute Gasteiger partial charge is 0.220 e. The molecule has 0 fully saturated rings. The Kier molecular flexibility index (Phi) is 6.57. The van der Waals surface area contributed by atoms with Gasteiger partial charge in [0.15, 0.2) is 5.78 Å². The van der Waals surface area contributed by atoms with Gasteiger partial charge in [-0.2, -0.15) is 0 Å². The van der Waals surface area contributed by atoms with Crippen molar-refractivity contribution >= 4 is 11.7 Å². The van der Waals surface area contributed by atoms with Gasteiger partial charge in [0, 0.05) is 42.5 Å². The first-order valence-electron chi connectivity index (χ1n) is 10.2. The zero-order valence-corrected chi connectivity index (χ0v) is 17.6. The minimum Gasteiger partial charge on any atom is -0.494 e. The number of aryl methyl sites for hydroxylation is 2. The van der Waals surface area contributed by atoms with Gasteiger partial charge < -0.3 is 14.8 Å². The highest BCUT2D eigenvalue weighted by molar-refractivity contribution is 5.99. The maximum absolute atomic E-state index is 12.5. The zero-order valence-electron chi connectivity index (χ0n) is 17.6. The molecule has 1 amide bonds. The van der Waals surface area contributed by atoms with Gasteiger partial charge in [-0.05, 0) is 51.5 Å². The summed E-state index contributed by atoms with van der Waals surface area (Å²) in [6, 6.07) is 9.76. The van der Waals surface area contributed by atoms with E-state index in [0.29, 0.717) is 18.7 Å². The number of fused-ring (bicyclic) bond motifs is 1. The SMILES string of the molecule is CCOc1cc2c(cc1CNC(=O)CCC(=O)c1cc(C)ccc1C)O[C@@H](C)C2. The second-order valence-electron chi connectivity index (χ2n) is 7.65. The summed E-state index contributed by atoms with van der Waals surface area (Å²) in [5.41, 5.74) is 4.69. The standard InChI is InChI=1S/C24H29NO4/c1-5-28-22-12-18-11-17(4)29-23(18)13-19(22)14-25-24(27)9-8-21(26)20-10-15(2)6-7-16(20)3/h6-7,10,12-13,17H,5,8-9,11,14H2,1-4H3,(H,25,27)/t17-/m0/s1. The van der Waals surface area contributed by atoms with E-state index in [1.165, 1.54) is 0 Å². The maximum Gasteiger partial charge on any atom is 0.220 e. The summed E-state index contributed by atoms with van der Waals surface area (Å²) >= 11 is 0. The predicted octanol–water partition coefficient (Wildman–Crippen LogP) is 4.30. The summed E-state index contributed by atoms with van der Waals surface area (Å²) in [6.45, 7) is 8.75. The number of carbonyl (C=O) groups excluding carboxylic acids is 2. The topological polar surface area (TPSA) is 64.6 Å². The van der Waals surface area contributed by atoms with Crippen LogP contribution in [0.15, 0.2) is 30.3 Å². The molecule has 0 saturated carbocycles. The van der Waals surface area contributed by atoms with E-state index in [1.807, 2.05) is 58.0 Å². The van der Waals surface area contributed by atoms with Crippen LogP contribution in [-0.4, -0.2) is 24.4 Å². The average Bonchev–Trinajstić information content (AvgIpc) is 3.05. The lowest BCUT2D eigenvalue weighted by Crippen LogP contribution is -2.23. The molecule has 29 heavy (non-hydrogen) atoms. The first kappa shape index (κ1) is 20.9. The van der Waals surface area contributed by atoms with Crippen LogP contribution in [0.5, 0.6) is 11.5 Å². The van der Waals surface area contributed by atoms with Gasteiger partial charge in [0.25, 0.3) is 0 Å². The van der Waals surface area contributed by atoms with Gasteiger partial charge in [0.05, 0.1) is 6.61 Å². The van der Waals surface area contributed by atoms with E-state index in [1.54, 1.807) is 0 Å². The molecule has 1 aliphatic heterocycles. The van der Waals surface area contributed by atoms with Gasteiger partial charge >= 0.3 is 0 Å². The molecule has 1 atom stereocenters. The molecular weight excluding hydrogens is 366 g/mol. The fourth-order valence-electron chi connectivity index (χ4n) is 3.59. The van der Waals surface area contributed by atoms with E-state index in [2.05, 4.69) is 5.32 Å². The maximum atomic E-state index is 12.5. The third kappa shape index (κ3) is 5.17. The fraction of sp³-hybridized carbons (Fsp3) is 0.417. The van der Waals surface area contributed by atoms with Gasteiger partial charge in [-0.3, -0.25) is 9.59 Å². The van der Waals surface area contributed by atoms with E-state index >= 15 is 0 Å². The normalized spacial score (nSPS) is 14.8. The quantitative estimate of drug-likeness (QED) is 0.677. The molecular formula is C24H29NO4. The van der Waals surface area contributed by atoms with Crippen molar-refractivity contribution < 1.29 is 19.1 Å². The molecule has 2 aromatic rings. The number of ketones is 1. The molecule has 3 rings (SSSR count). The third-order valence-corrected chi connectivity index (χ3v) is 5.13. The van der Waals surface area contributed by atoms with Crippen LogP contribution < -0.4 is 14.8 Å². The number of amides is 1. The van der Waals surface area contributed by atoms with Crippen LogP contribution in [0.25, 0.3) is 0 Å². The van der Waals surface area contributed by atoms with E-state index in [0.717, 1.165) is 40.2 Å². The Morgan fingerprint density at radius 1 is 1.17 bits per heavy atom. The lowest BCUT2D eigenvalue weighted by molar-refractivity contribution is -0.121. The van der Waals surface area contributed by atoms with Crippen molar-refractivity contribution in [1.29, 1.82) is 0 Å². The molecule has 5 nitrogen and oxygen atoms in total. The van der Waals surface area contributed by atoms with Crippen LogP contribution in [0.2, 0.25) is 0 Å². The largest absolute Gasteiger partial charge is 0.494 e. The van der Waals surface area contributed by atoms with Gasteiger partial charge in [0.2, 0.25) is 5.91 Å². The van der Waals surface area contributed by atoms with Crippen molar-refractivity contribution in [3.63, 3.8) is 0 Å². The number of nitrogens with one attached hydrogen (secondary N) is 1. The fourth-order valence-corrected chi connectivity index (χ4v) is 3.59. The van der Waals surface area contributed by atoms with Crippen molar-refractivity contribution in [2.75, 3.05) is 6.61 Å². The summed E-state index contributed by atoms with van der Waals surface area (Å²) in [4.78, 5) is 24.8. The van der Waals surface area contributed by atoms with E-state index in [4.69, 9.17) is 9.47 Å². The van der Waals surface area contributed by atoms with Crippen LogP contribution in [0.4, 0.5) is 0 Å². The third-order valence-electron chi connectivity index (χ3n) is 5.13. The van der Waals surface area contributed by atoms with Crippen LogP contribution in [0.3, 0.4) is 0 Å². The van der Waals surface area contributed by atoms with Gasteiger partial charge in [-0.15, -0.1) is 0 Å². The van der Waals surface area contributed by atoms with Crippen molar-refractivity contribution in [1.82, 2.24) is 5.32 Å². The highest BCUT2D eigenvalue weighted by atomic mass is 16.5. The van der Waals surface area contributed by atoms with Crippen LogP contribution in [0.1, 0.15) is 59.3 Å². The molecule has 5 heteroatoms. The van der Waals surface area contributed by atoms with E-state index in [-0.39, 0.29) is 30.6 Å². The number of ether oxygens (including phenoxy) is 2. The number of carbonyl (C=O) groups is 2. The van der Waals surface area contributed by atoms with E-state index in [9.17, 15) is 9.59 Å². The first-order valence-corrected chi connectivity index (χ1v) is 10.2. The van der Waals surface area contributed by atoms with Crippen LogP contribution in [0, 0.1) is 13.8 Å². The zero-order chi connectivity index (χ0) is 21.0. The summed E-state index contributed by atoms with van der Waals surface area (Å²) < 4.78 is 11.6. The molecule has 0 aliphatic carbocycles. The Hall–Kier alpha value is -2.82. The lowest BCUT2D eigenvalue weighted by atomic mass is 9.99. The number of hydrogen-bond donors (Lipinski definition) is 1. The Balaban J connectivity index is 1.59. The van der Waals surface area contributed by atoms with Gasteiger partial charge in [-0.1, -0.05) is 17.7 Å². The van der Waals surface area contributed by atoms with Crippen molar-refractivity contribution in [2.24, 2.45) is 0 Å². The average molecular weight is 395 g/mol. The monoisotopic (exact) mass is 395 g/mol. The molecule has 0 saturated heterocycles. The molecule has 2 aromatic carbocycles. The highest BCUT2D eigenvalue weighted by Gasteiger charge is 2.22. The summed E-state index contributed by atoms with van der Waals surface area (Å²) in [5, 5.41) is 2.91. The Labute approximate surface area is 172 Å². The Morgan fingerprint density at radius 2 is 1.97 bits per heavy atom. The number of rotatable bonds is 8. The minimum atomic E-state index is -0.152. The van der Waals surface area contributed by atoms with Crippen molar-refractivity contribution in [3.05, 3.63) is 58.1 Å². The van der Waals surface area contributed by atoms with Crippen molar-refractivity contribution in [2.45, 2.75) is 59.6 Å². The Bertz CT molecular complexity index is 919. The van der Waals surface area contributed by atoms with Crippen molar-refractivity contribution in [3.8, 4) is 11.5 Å². The minimum absolute atomic E-state index is 0.00345. The first-order chi connectivity index (χ1) is 13.9. The number of hydrogen-bond acceptors (Lipinski definition) is 4. The second kappa shape index (κ2) is 9.12. The molecule has 0 unspecified atom stereocenters. The summed E-state index contributed by atoms with van der Waals surface area (Å²) in [5.74, 6) is 1.48. The Morgan fingerprint density at radius 3 is 2.72 bits per heavy atom. The van der Waals surface area contributed by atoms with Gasteiger partial charge in [-0.25, -0.2) is 0 Å². The highest BCUT2D eigenvalue weighted by Crippen LogP contribution is 2.35. The second-order valence-corrected chi connectivity index (χ2v) is 7.65. The molecule has 0 bridgehead atoms. The number of benzene rings is 2.